The highest BCUT2D eigenvalue weighted by Gasteiger charge is 2.21. The fourth-order valence-corrected chi connectivity index (χ4v) is 3.52. The molecular weight excluding hydrogens is 374 g/mol. The van der Waals surface area contributed by atoms with Crippen LogP contribution >= 0.6 is 11.6 Å². The molecule has 0 aliphatic carbocycles. The summed E-state index contributed by atoms with van der Waals surface area (Å²) in [6, 6.07) is 13.7. The first-order valence-electron chi connectivity index (χ1n) is 9.64. The maximum Gasteiger partial charge on any atom is 0.241 e. The van der Waals surface area contributed by atoms with Crippen LogP contribution in [-0.4, -0.2) is 50.2 Å². The van der Waals surface area contributed by atoms with Crippen molar-refractivity contribution >= 4 is 28.9 Å². The summed E-state index contributed by atoms with van der Waals surface area (Å²) in [5.74, 6) is -0.0447. The lowest BCUT2D eigenvalue weighted by Crippen LogP contribution is -2.40. The van der Waals surface area contributed by atoms with Crippen molar-refractivity contribution in [1.82, 2.24) is 4.90 Å². The maximum absolute atomic E-state index is 12.8. The minimum absolute atomic E-state index is 0.0447. The van der Waals surface area contributed by atoms with E-state index in [2.05, 4.69) is 33.3 Å². The van der Waals surface area contributed by atoms with Crippen molar-refractivity contribution in [3.05, 3.63) is 58.6 Å². The Bertz CT molecular complexity index is 821. The molecule has 5 nitrogen and oxygen atoms in total. The number of benzene rings is 2. The highest BCUT2D eigenvalue weighted by molar-refractivity contribution is 6.31. The Morgan fingerprint density at radius 1 is 1.21 bits per heavy atom. The molecule has 28 heavy (non-hydrogen) atoms. The van der Waals surface area contributed by atoms with E-state index in [4.69, 9.17) is 16.3 Å². The lowest BCUT2D eigenvalue weighted by Gasteiger charge is -2.32. The van der Waals surface area contributed by atoms with E-state index in [-0.39, 0.29) is 11.9 Å². The maximum atomic E-state index is 12.8. The van der Waals surface area contributed by atoms with E-state index < -0.39 is 0 Å². The van der Waals surface area contributed by atoms with Crippen LogP contribution in [0.1, 0.15) is 18.1 Å². The molecule has 6 heteroatoms. The summed E-state index contributed by atoms with van der Waals surface area (Å²) in [4.78, 5) is 17.2. The highest BCUT2D eigenvalue weighted by Crippen LogP contribution is 2.25. The van der Waals surface area contributed by atoms with Crippen LogP contribution in [0.25, 0.3) is 0 Å². The average molecular weight is 402 g/mol. The second-order valence-electron chi connectivity index (χ2n) is 7.22. The molecule has 3 rings (SSSR count). The van der Waals surface area contributed by atoms with Gasteiger partial charge in [-0.3, -0.25) is 9.69 Å². The number of nitrogens with zero attached hydrogens (tertiary/aromatic N) is 2. The van der Waals surface area contributed by atoms with E-state index in [1.165, 1.54) is 11.3 Å². The summed E-state index contributed by atoms with van der Waals surface area (Å²) >= 11 is 6.16. The van der Waals surface area contributed by atoms with E-state index >= 15 is 0 Å². The first kappa shape index (κ1) is 20.6. The molecule has 0 unspecified atom stereocenters. The topological polar surface area (TPSA) is 44.8 Å². The van der Waals surface area contributed by atoms with Crippen molar-refractivity contribution in [3.8, 4) is 0 Å². The number of morpholine rings is 1. The number of halogens is 1. The number of carbonyl (C=O) groups excluding carboxylic acids is 1. The van der Waals surface area contributed by atoms with Crippen LogP contribution in [0.3, 0.4) is 0 Å². The van der Waals surface area contributed by atoms with Crippen molar-refractivity contribution in [2.75, 3.05) is 43.6 Å². The van der Waals surface area contributed by atoms with Crippen LogP contribution in [0.5, 0.6) is 0 Å². The van der Waals surface area contributed by atoms with Gasteiger partial charge >= 0.3 is 0 Å². The summed E-state index contributed by atoms with van der Waals surface area (Å²) in [6.45, 7) is 7.81. The molecule has 1 N–H and O–H groups in total. The van der Waals surface area contributed by atoms with Crippen LogP contribution in [-0.2, 0) is 16.1 Å². The van der Waals surface area contributed by atoms with E-state index in [1.54, 1.807) is 0 Å². The molecule has 0 spiro atoms. The molecule has 0 saturated carbocycles. The molecular formula is C22H28ClN3O2. The zero-order valence-corrected chi connectivity index (χ0v) is 17.5. The van der Waals surface area contributed by atoms with Crippen molar-refractivity contribution in [2.45, 2.75) is 26.4 Å². The Kier molecular flexibility index (Phi) is 6.94. The van der Waals surface area contributed by atoms with E-state index in [9.17, 15) is 4.79 Å². The van der Waals surface area contributed by atoms with Gasteiger partial charge in [-0.05, 0) is 50.2 Å². The molecule has 0 bridgehead atoms. The molecule has 0 radical (unpaired) electrons. The van der Waals surface area contributed by atoms with Crippen molar-refractivity contribution in [2.24, 2.45) is 0 Å². The van der Waals surface area contributed by atoms with Crippen LogP contribution in [0.4, 0.5) is 11.4 Å². The standard InChI is InChI=1S/C22H28ClN3O2/c1-16-19(23)8-6-9-20(16)24-22(27)17(2)25(3)15-18-7-4-5-10-21(18)26-11-13-28-14-12-26/h4-10,17H,11-15H2,1-3H3,(H,24,27)/t17-/m1/s1. The first-order chi connectivity index (χ1) is 13.5. The number of hydrogen-bond donors (Lipinski definition) is 1. The van der Waals surface area contributed by atoms with Gasteiger partial charge in [0.15, 0.2) is 0 Å². The number of likely N-dealkylation sites (N-methyl/N-ethyl adjacent to an activating group) is 1. The molecule has 1 fully saturated rings. The predicted molar refractivity (Wildman–Crippen MR) is 115 cm³/mol. The van der Waals surface area contributed by atoms with Gasteiger partial charge in [0.25, 0.3) is 0 Å². The second kappa shape index (κ2) is 9.41. The van der Waals surface area contributed by atoms with E-state index in [0.29, 0.717) is 11.6 Å². The van der Waals surface area contributed by atoms with Gasteiger partial charge in [0, 0.05) is 36.0 Å². The number of anilines is 2. The predicted octanol–water partition coefficient (Wildman–Crippen LogP) is 3.94. The SMILES string of the molecule is Cc1c(Cl)cccc1NC(=O)[C@@H](C)N(C)Cc1ccccc1N1CCOCC1. The normalized spacial score (nSPS) is 15.5. The minimum Gasteiger partial charge on any atom is -0.378 e. The van der Waals surface area contributed by atoms with Crippen LogP contribution < -0.4 is 10.2 Å². The molecule has 1 heterocycles. The Hall–Kier alpha value is -2.08. The number of amides is 1. The second-order valence-corrected chi connectivity index (χ2v) is 7.63. The Labute approximate surface area is 172 Å². The summed E-state index contributed by atoms with van der Waals surface area (Å²) in [5.41, 5.74) is 4.07. The lowest BCUT2D eigenvalue weighted by molar-refractivity contribution is -0.120. The molecule has 1 saturated heterocycles. The van der Waals surface area contributed by atoms with Gasteiger partial charge in [-0.2, -0.15) is 0 Å². The monoisotopic (exact) mass is 401 g/mol. The number of ether oxygens (including phenoxy) is 1. The van der Waals surface area contributed by atoms with Gasteiger partial charge in [-0.15, -0.1) is 0 Å². The third kappa shape index (κ3) is 4.85. The molecule has 1 aliphatic heterocycles. The molecule has 2 aromatic rings. The zero-order chi connectivity index (χ0) is 20.1. The van der Waals surface area contributed by atoms with Gasteiger partial charge < -0.3 is 15.0 Å². The number of hydrogen-bond acceptors (Lipinski definition) is 4. The van der Waals surface area contributed by atoms with Gasteiger partial charge in [-0.25, -0.2) is 0 Å². The van der Waals surface area contributed by atoms with Gasteiger partial charge in [0.05, 0.1) is 19.3 Å². The molecule has 1 amide bonds. The molecule has 1 aliphatic rings. The number of carbonyl (C=O) groups is 1. The number of para-hydroxylation sites is 1. The largest absolute Gasteiger partial charge is 0.378 e. The summed E-state index contributed by atoms with van der Waals surface area (Å²) < 4.78 is 5.47. The summed E-state index contributed by atoms with van der Waals surface area (Å²) in [6.07, 6.45) is 0. The van der Waals surface area contributed by atoms with Gasteiger partial charge in [-0.1, -0.05) is 35.9 Å². The van der Waals surface area contributed by atoms with Gasteiger partial charge in [0.2, 0.25) is 5.91 Å². The van der Waals surface area contributed by atoms with Gasteiger partial charge in [0.1, 0.15) is 0 Å². The fourth-order valence-electron chi connectivity index (χ4n) is 3.34. The van der Waals surface area contributed by atoms with Crippen molar-refractivity contribution < 1.29 is 9.53 Å². The summed E-state index contributed by atoms with van der Waals surface area (Å²) in [7, 11) is 1.98. The van der Waals surface area contributed by atoms with E-state index in [0.717, 1.165) is 37.6 Å². The van der Waals surface area contributed by atoms with E-state index in [1.807, 2.05) is 45.2 Å². The number of rotatable bonds is 6. The average Bonchev–Trinajstić information content (AvgIpc) is 2.71. The molecule has 1 atom stereocenters. The Morgan fingerprint density at radius 2 is 1.93 bits per heavy atom. The highest BCUT2D eigenvalue weighted by atomic mass is 35.5. The first-order valence-corrected chi connectivity index (χ1v) is 10.0. The minimum atomic E-state index is -0.281. The quantitative estimate of drug-likeness (QED) is 0.796. The zero-order valence-electron chi connectivity index (χ0n) is 16.7. The Morgan fingerprint density at radius 3 is 2.68 bits per heavy atom. The smallest absolute Gasteiger partial charge is 0.241 e. The molecule has 150 valence electrons. The van der Waals surface area contributed by atoms with Crippen LogP contribution in [0, 0.1) is 6.92 Å². The van der Waals surface area contributed by atoms with Crippen molar-refractivity contribution in [3.63, 3.8) is 0 Å². The Balaban J connectivity index is 1.68. The number of nitrogens with one attached hydrogen (secondary N) is 1. The molecule has 0 aromatic heterocycles. The van der Waals surface area contributed by atoms with Crippen LogP contribution in [0.2, 0.25) is 5.02 Å². The van der Waals surface area contributed by atoms with Crippen LogP contribution in [0.15, 0.2) is 42.5 Å². The van der Waals surface area contributed by atoms with Crippen molar-refractivity contribution in [1.29, 1.82) is 0 Å². The fraction of sp³-hybridized carbons (Fsp3) is 0.409. The third-order valence-corrected chi connectivity index (χ3v) is 5.74. The third-order valence-electron chi connectivity index (χ3n) is 5.33. The lowest BCUT2D eigenvalue weighted by atomic mass is 10.1. The molecule has 2 aromatic carbocycles. The summed E-state index contributed by atoms with van der Waals surface area (Å²) in [5, 5.41) is 3.65.